The predicted octanol–water partition coefficient (Wildman–Crippen LogP) is 1.84. The number of guanidine groups is 1. The summed E-state index contributed by atoms with van der Waals surface area (Å²) in [5.74, 6) is 0.559. The molecule has 0 aromatic heterocycles. The third-order valence-corrected chi connectivity index (χ3v) is 2.72. The van der Waals surface area contributed by atoms with E-state index in [1.807, 2.05) is 6.07 Å². The fourth-order valence-corrected chi connectivity index (χ4v) is 1.65. The predicted molar refractivity (Wildman–Crippen MR) is 75.8 cm³/mol. The molecule has 0 aliphatic carbocycles. The summed E-state index contributed by atoms with van der Waals surface area (Å²) in [6.45, 7) is 3.90. The average molecular weight is 267 g/mol. The van der Waals surface area contributed by atoms with Gasteiger partial charge in [-0.15, -0.1) is 0 Å². The van der Waals surface area contributed by atoms with Crippen LogP contribution in [0.5, 0.6) is 0 Å². The van der Waals surface area contributed by atoms with Crippen LogP contribution in [0.25, 0.3) is 0 Å². The van der Waals surface area contributed by atoms with Crippen molar-refractivity contribution >= 4 is 5.96 Å². The summed E-state index contributed by atoms with van der Waals surface area (Å²) in [5.41, 5.74) is 1.68. The summed E-state index contributed by atoms with van der Waals surface area (Å²) < 4.78 is 18.1. The number of aliphatic imine (C=N–C) groups is 1. The van der Waals surface area contributed by atoms with Gasteiger partial charge < -0.3 is 15.4 Å². The molecule has 0 unspecified atom stereocenters. The number of ether oxygens (including phenoxy) is 1. The Balaban J connectivity index is 2.38. The first kappa shape index (κ1) is 15.4. The minimum atomic E-state index is -0.175. The van der Waals surface area contributed by atoms with E-state index >= 15 is 0 Å². The van der Waals surface area contributed by atoms with E-state index in [0.29, 0.717) is 12.1 Å². The Morgan fingerprint density at radius 1 is 1.37 bits per heavy atom. The minimum Gasteiger partial charge on any atom is -0.385 e. The number of hydrogen-bond acceptors (Lipinski definition) is 2. The van der Waals surface area contributed by atoms with Crippen molar-refractivity contribution < 1.29 is 9.13 Å². The Morgan fingerprint density at radius 3 is 2.79 bits per heavy atom. The van der Waals surface area contributed by atoms with Gasteiger partial charge in [0.15, 0.2) is 5.96 Å². The fourth-order valence-electron chi connectivity index (χ4n) is 1.65. The Bertz CT molecular complexity index is 421. The molecular formula is C14H22FN3O. The summed E-state index contributed by atoms with van der Waals surface area (Å²) >= 11 is 0. The van der Waals surface area contributed by atoms with Gasteiger partial charge in [-0.05, 0) is 30.5 Å². The number of benzene rings is 1. The molecule has 0 amide bonds. The lowest BCUT2D eigenvalue weighted by Crippen LogP contribution is -2.37. The van der Waals surface area contributed by atoms with E-state index in [0.717, 1.165) is 31.1 Å². The van der Waals surface area contributed by atoms with Crippen molar-refractivity contribution in [1.29, 1.82) is 0 Å². The molecule has 4 nitrogen and oxygen atoms in total. The lowest BCUT2D eigenvalue weighted by atomic mass is 10.1. The van der Waals surface area contributed by atoms with E-state index in [1.54, 1.807) is 27.1 Å². The number of nitrogens with zero attached hydrogens (tertiary/aromatic N) is 1. The second-order valence-electron chi connectivity index (χ2n) is 4.28. The minimum absolute atomic E-state index is 0.175. The molecule has 0 saturated heterocycles. The van der Waals surface area contributed by atoms with Crippen LogP contribution in [-0.4, -0.2) is 33.3 Å². The van der Waals surface area contributed by atoms with Crippen molar-refractivity contribution in [3.63, 3.8) is 0 Å². The first-order valence-electron chi connectivity index (χ1n) is 6.36. The van der Waals surface area contributed by atoms with Gasteiger partial charge in [0, 0.05) is 33.9 Å². The second kappa shape index (κ2) is 8.48. The SMILES string of the molecule is CN=C(NCCCOC)NCc1ccc(F)c(C)c1. The van der Waals surface area contributed by atoms with E-state index in [9.17, 15) is 4.39 Å². The average Bonchev–Trinajstić information content (AvgIpc) is 2.42. The molecule has 0 radical (unpaired) electrons. The summed E-state index contributed by atoms with van der Waals surface area (Å²) in [6, 6.07) is 5.09. The third kappa shape index (κ3) is 5.70. The second-order valence-corrected chi connectivity index (χ2v) is 4.28. The number of rotatable bonds is 6. The molecule has 0 bridgehead atoms. The lowest BCUT2D eigenvalue weighted by Gasteiger charge is -2.12. The monoisotopic (exact) mass is 267 g/mol. The maximum Gasteiger partial charge on any atom is 0.191 e. The first-order valence-corrected chi connectivity index (χ1v) is 6.36. The molecule has 19 heavy (non-hydrogen) atoms. The summed E-state index contributed by atoms with van der Waals surface area (Å²) in [5, 5.41) is 6.37. The summed E-state index contributed by atoms with van der Waals surface area (Å²) in [7, 11) is 3.41. The zero-order valence-electron chi connectivity index (χ0n) is 11.8. The highest BCUT2D eigenvalue weighted by Crippen LogP contribution is 2.08. The number of methoxy groups -OCH3 is 1. The van der Waals surface area contributed by atoms with E-state index in [4.69, 9.17) is 4.74 Å². The van der Waals surface area contributed by atoms with Crippen molar-refractivity contribution in [2.24, 2.45) is 4.99 Å². The fraction of sp³-hybridized carbons (Fsp3) is 0.500. The number of hydrogen-bond donors (Lipinski definition) is 2. The smallest absolute Gasteiger partial charge is 0.191 e. The molecule has 1 rings (SSSR count). The largest absolute Gasteiger partial charge is 0.385 e. The lowest BCUT2D eigenvalue weighted by molar-refractivity contribution is 0.195. The van der Waals surface area contributed by atoms with Crippen LogP contribution in [0, 0.1) is 12.7 Å². The highest BCUT2D eigenvalue weighted by molar-refractivity contribution is 5.79. The molecular weight excluding hydrogens is 245 g/mol. The molecule has 0 atom stereocenters. The molecule has 0 saturated carbocycles. The molecule has 0 aliphatic rings. The van der Waals surface area contributed by atoms with Crippen LogP contribution in [0.15, 0.2) is 23.2 Å². The number of nitrogens with one attached hydrogen (secondary N) is 2. The molecule has 0 fully saturated rings. The third-order valence-electron chi connectivity index (χ3n) is 2.72. The van der Waals surface area contributed by atoms with Gasteiger partial charge in [-0.2, -0.15) is 0 Å². The van der Waals surface area contributed by atoms with Crippen LogP contribution in [0.3, 0.4) is 0 Å². The molecule has 0 heterocycles. The molecule has 5 heteroatoms. The Hall–Kier alpha value is -1.62. The van der Waals surface area contributed by atoms with Gasteiger partial charge >= 0.3 is 0 Å². The van der Waals surface area contributed by atoms with Crippen LogP contribution in [-0.2, 0) is 11.3 Å². The van der Waals surface area contributed by atoms with Gasteiger partial charge in [0.1, 0.15) is 5.82 Å². The van der Waals surface area contributed by atoms with Gasteiger partial charge in [0.25, 0.3) is 0 Å². The Labute approximate surface area is 114 Å². The van der Waals surface area contributed by atoms with Crippen molar-refractivity contribution in [3.05, 3.63) is 35.1 Å². The Morgan fingerprint density at radius 2 is 2.16 bits per heavy atom. The maximum absolute atomic E-state index is 13.1. The van der Waals surface area contributed by atoms with Gasteiger partial charge in [0.05, 0.1) is 0 Å². The van der Waals surface area contributed by atoms with E-state index in [1.165, 1.54) is 6.07 Å². The topological polar surface area (TPSA) is 45.7 Å². The molecule has 0 aliphatic heterocycles. The zero-order chi connectivity index (χ0) is 14.1. The number of aryl methyl sites for hydroxylation is 1. The van der Waals surface area contributed by atoms with Crippen molar-refractivity contribution in [1.82, 2.24) is 10.6 Å². The van der Waals surface area contributed by atoms with Crippen LogP contribution >= 0.6 is 0 Å². The van der Waals surface area contributed by atoms with Crippen molar-refractivity contribution in [3.8, 4) is 0 Å². The van der Waals surface area contributed by atoms with Crippen molar-refractivity contribution in [2.75, 3.05) is 27.3 Å². The molecule has 0 spiro atoms. The summed E-state index contributed by atoms with van der Waals surface area (Å²) in [6.07, 6.45) is 0.923. The maximum atomic E-state index is 13.1. The van der Waals surface area contributed by atoms with Gasteiger partial charge in [-0.3, -0.25) is 4.99 Å². The van der Waals surface area contributed by atoms with Gasteiger partial charge in [-0.1, -0.05) is 12.1 Å². The highest BCUT2D eigenvalue weighted by atomic mass is 19.1. The Kier molecular flexibility index (Phi) is 6.89. The van der Waals surface area contributed by atoms with E-state index in [-0.39, 0.29) is 5.82 Å². The standard InChI is InChI=1S/C14H22FN3O/c1-11-9-12(5-6-13(11)15)10-18-14(16-2)17-7-4-8-19-3/h5-6,9H,4,7-8,10H2,1-3H3,(H2,16,17,18). The van der Waals surface area contributed by atoms with Crippen LogP contribution < -0.4 is 10.6 Å². The van der Waals surface area contributed by atoms with Gasteiger partial charge in [0.2, 0.25) is 0 Å². The van der Waals surface area contributed by atoms with Crippen molar-refractivity contribution in [2.45, 2.75) is 19.9 Å². The van der Waals surface area contributed by atoms with Crippen LogP contribution in [0.1, 0.15) is 17.5 Å². The number of halogens is 1. The summed E-state index contributed by atoms with van der Waals surface area (Å²) in [4.78, 5) is 4.12. The normalized spacial score (nSPS) is 11.5. The zero-order valence-corrected chi connectivity index (χ0v) is 11.8. The van der Waals surface area contributed by atoms with E-state index in [2.05, 4.69) is 15.6 Å². The van der Waals surface area contributed by atoms with E-state index < -0.39 is 0 Å². The quantitative estimate of drug-likeness (QED) is 0.469. The molecule has 2 N–H and O–H groups in total. The highest BCUT2D eigenvalue weighted by Gasteiger charge is 2.01. The van der Waals surface area contributed by atoms with Crippen LogP contribution in [0.4, 0.5) is 4.39 Å². The molecule has 1 aromatic carbocycles. The molecule has 106 valence electrons. The molecule has 1 aromatic rings. The van der Waals surface area contributed by atoms with Crippen LogP contribution in [0.2, 0.25) is 0 Å². The first-order chi connectivity index (χ1) is 9.17. The van der Waals surface area contributed by atoms with Gasteiger partial charge in [-0.25, -0.2) is 4.39 Å².